The SMILES string of the molecule is O=C(COC(=O)c1ccccc1NCc1ccco1)Nc1cc([N+](=O)[O-])ccc1F. The maximum absolute atomic E-state index is 13.8. The number of halogens is 1. The van der Waals surface area contributed by atoms with Crippen molar-refractivity contribution >= 4 is 28.9 Å². The molecule has 154 valence electrons. The van der Waals surface area contributed by atoms with Gasteiger partial charge in [0.1, 0.15) is 11.6 Å². The number of hydrogen-bond acceptors (Lipinski definition) is 7. The Bertz CT molecular complexity index is 1070. The van der Waals surface area contributed by atoms with E-state index in [4.69, 9.17) is 9.15 Å². The predicted molar refractivity (Wildman–Crippen MR) is 104 cm³/mol. The van der Waals surface area contributed by atoms with Crippen LogP contribution < -0.4 is 10.6 Å². The number of rotatable bonds is 8. The number of ether oxygens (including phenoxy) is 1. The van der Waals surface area contributed by atoms with E-state index < -0.39 is 29.2 Å². The highest BCUT2D eigenvalue weighted by Gasteiger charge is 2.17. The van der Waals surface area contributed by atoms with Crippen LogP contribution in [0.15, 0.2) is 65.3 Å². The summed E-state index contributed by atoms with van der Waals surface area (Å²) in [7, 11) is 0. The number of carbonyl (C=O) groups is 2. The number of esters is 1. The van der Waals surface area contributed by atoms with E-state index in [9.17, 15) is 24.1 Å². The topological polar surface area (TPSA) is 124 Å². The molecule has 3 rings (SSSR count). The van der Waals surface area contributed by atoms with Crippen LogP contribution in [0.5, 0.6) is 0 Å². The molecule has 9 nitrogen and oxygen atoms in total. The van der Waals surface area contributed by atoms with E-state index in [1.165, 1.54) is 12.3 Å². The van der Waals surface area contributed by atoms with Crippen molar-refractivity contribution < 1.29 is 28.1 Å². The summed E-state index contributed by atoms with van der Waals surface area (Å²) >= 11 is 0. The van der Waals surface area contributed by atoms with Crippen LogP contribution in [0.1, 0.15) is 16.1 Å². The van der Waals surface area contributed by atoms with Crippen molar-refractivity contribution in [3.63, 3.8) is 0 Å². The van der Waals surface area contributed by atoms with Gasteiger partial charge in [-0.05, 0) is 30.3 Å². The molecule has 2 N–H and O–H groups in total. The van der Waals surface area contributed by atoms with Crippen LogP contribution >= 0.6 is 0 Å². The number of benzene rings is 2. The van der Waals surface area contributed by atoms with Gasteiger partial charge in [0.15, 0.2) is 6.61 Å². The van der Waals surface area contributed by atoms with Crippen LogP contribution in [0.3, 0.4) is 0 Å². The molecule has 0 fully saturated rings. The summed E-state index contributed by atoms with van der Waals surface area (Å²) in [5, 5.41) is 16.0. The minimum Gasteiger partial charge on any atom is -0.467 e. The molecular formula is C20H16FN3O6. The van der Waals surface area contributed by atoms with Gasteiger partial charge < -0.3 is 19.8 Å². The van der Waals surface area contributed by atoms with Gasteiger partial charge in [-0.3, -0.25) is 14.9 Å². The smallest absolute Gasteiger partial charge is 0.340 e. The first-order valence-corrected chi connectivity index (χ1v) is 8.70. The number of anilines is 2. The molecule has 1 amide bonds. The van der Waals surface area contributed by atoms with E-state index >= 15 is 0 Å². The molecule has 0 saturated heterocycles. The lowest BCUT2D eigenvalue weighted by Gasteiger charge is -2.11. The molecule has 10 heteroatoms. The summed E-state index contributed by atoms with van der Waals surface area (Å²) in [6.07, 6.45) is 1.53. The van der Waals surface area contributed by atoms with Crippen LogP contribution in [-0.4, -0.2) is 23.4 Å². The van der Waals surface area contributed by atoms with E-state index in [1.807, 2.05) is 0 Å². The Balaban J connectivity index is 1.60. The van der Waals surface area contributed by atoms with Crippen LogP contribution in [0, 0.1) is 15.9 Å². The summed E-state index contributed by atoms with van der Waals surface area (Å²) in [5.74, 6) is -1.81. The number of nitro groups is 1. The zero-order valence-electron chi connectivity index (χ0n) is 15.5. The third kappa shape index (κ3) is 5.19. The lowest BCUT2D eigenvalue weighted by atomic mass is 10.2. The van der Waals surface area contributed by atoms with Crippen LogP contribution in [-0.2, 0) is 16.1 Å². The van der Waals surface area contributed by atoms with Crippen LogP contribution in [0.2, 0.25) is 0 Å². The summed E-state index contributed by atoms with van der Waals surface area (Å²) in [6.45, 7) is -0.364. The average molecular weight is 413 g/mol. The summed E-state index contributed by atoms with van der Waals surface area (Å²) in [6, 6.07) is 12.8. The lowest BCUT2D eigenvalue weighted by Crippen LogP contribution is -2.22. The first-order chi connectivity index (χ1) is 14.4. The molecule has 30 heavy (non-hydrogen) atoms. The molecule has 0 aliphatic rings. The van der Waals surface area contributed by atoms with Gasteiger partial charge in [0.05, 0.1) is 29.0 Å². The van der Waals surface area contributed by atoms with E-state index in [1.54, 1.807) is 30.3 Å². The largest absolute Gasteiger partial charge is 0.467 e. The second-order valence-electron chi connectivity index (χ2n) is 6.02. The quantitative estimate of drug-likeness (QED) is 0.327. The maximum atomic E-state index is 13.8. The van der Waals surface area contributed by atoms with E-state index in [0.717, 1.165) is 18.2 Å². The highest BCUT2D eigenvalue weighted by atomic mass is 19.1. The standard InChI is InChI=1S/C20H16FN3O6/c21-16-8-7-13(24(27)28)10-18(16)23-19(25)12-30-20(26)15-5-1-2-6-17(15)22-11-14-4-3-9-29-14/h1-10,22H,11-12H2,(H,23,25). The van der Waals surface area contributed by atoms with Crippen LogP contribution in [0.25, 0.3) is 0 Å². The Morgan fingerprint density at radius 3 is 2.63 bits per heavy atom. The zero-order chi connectivity index (χ0) is 21.5. The minimum atomic E-state index is -0.854. The van der Waals surface area contributed by atoms with E-state index in [0.29, 0.717) is 18.0 Å². The fourth-order valence-electron chi connectivity index (χ4n) is 2.53. The predicted octanol–water partition coefficient (Wildman–Crippen LogP) is 3.73. The number of nitrogens with one attached hydrogen (secondary N) is 2. The molecule has 0 saturated carbocycles. The van der Waals surface area contributed by atoms with Crippen LogP contribution in [0.4, 0.5) is 21.5 Å². The van der Waals surface area contributed by atoms with E-state index in [-0.39, 0.29) is 16.9 Å². The molecule has 0 radical (unpaired) electrons. The Morgan fingerprint density at radius 1 is 1.10 bits per heavy atom. The summed E-state index contributed by atoms with van der Waals surface area (Å²) < 4.78 is 24.0. The van der Waals surface area contributed by atoms with Gasteiger partial charge in [-0.2, -0.15) is 0 Å². The Morgan fingerprint density at radius 2 is 1.90 bits per heavy atom. The highest BCUT2D eigenvalue weighted by molar-refractivity contribution is 5.98. The fraction of sp³-hybridized carbons (Fsp3) is 0.100. The molecule has 0 unspecified atom stereocenters. The normalized spacial score (nSPS) is 10.3. The fourth-order valence-corrected chi connectivity index (χ4v) is 2.53. The van der Waals surface area contributed by atoms with Gasteiger partial charge in [-0.15, -0.1) is 0 Å². The third-order valence-electron chi connectivity index (χ3n) is 3.95. The molecule has 2 aromatic carbocycles. The van der Waals surface area contributed by atoms with Gasteiger partial charge >= 0.3 is 5.97 Å². The number of hydrogen-bond donors (Lipinski definition) is 2. The minimum absolute atomic E-state index is 0.193. The van der Waals surface area contributed by atoms with Gasteiger partial charge in [-0.25, -0.2) is 9.18 Å². The molecule has 3 aromatic rings. The number of carbonyl (C=O) groups excluding carboxylic acids is 2. The summed E-state index contributed by atoms with van der Waals surface area (Å²) in [5.41, 5.74) is -0.103. The van der Waals surface area contributed by atoms with Crippen molar-refractivity contribution in [1.82, 2.24) is 0 Å². The lowest BCUT2D eigenvalue weighted by molar-refractivity contribution is -0.384. The maximum Gasteiger partial charge on any atom is 0.340 e. The van der Waals surface area contributed by atoms with Crippen molar-refractivity contribution in [3.8, 4) is 0 Å². The molecule has 0 aliphatic carbocycles. The summed E-state index contributed by atoms with van der Waals surface area (Å²) in [4.78, 5) is 34.4. The highest BCUT2D eigenvalue weighted by Crippen LogP contribution is 2.21. The molecular weight excluding hydrogens is 397 g/mol. The Hall–Kier alpha value is -4.21. The molecule has 1 heterocycles. The molecule has 0 atom stereocenters. The van der Waals surface area contributed by atoms with Crippen molar-refractivity contribution in [2.45, 2.75) is 6.54 Å². The second kappa shape index (κ2) is 9.32. The molecule has 0 spiro atoms. The average Bonchev–Trinajstić information content (AvgIpc) is 3.26. The molecule has 1 aromatic heterocycles. The number of amides is 1. The van der Waals surface area contributed by atoms with Crippen molar-refractivity contribution in [1.29, 1.82) is 0 Å². The van der Waals surface area contributed by atoms with Gasteiger partial charge in [0, 0.05) is 17.8 Å². The first-order valence-electron chi connectivity index (χ1n) is 8.70. The Kier molecular flexibility index (Phi) is 6.38. The van der Waals surface area contributed by atoms with Gasteiger partial charge in [0.25, 0.3) is 11.6 Å². The zero-order valence-corrected chi connectivity index (χ0v) is 15.5. The number of para-hydroxylation sites is 1. The van der Waals surface area contributed by atoms with Gasteiger partial charge in [0.2, 0.25) is 0 Å². The van der Waals surface area contributed by atoms with E-state index in [2.05, 4.69) is 10.6 Å². The number of nitrogens with zero attached hydrogens (tertiary/aromatic N) is 1. The monoisotopic (exact) mass is 413 g/mol. The van der Waals surface area contributed by atoms with Crippen molar-refractivity contribution in [3.05, 3.63) is 88.1 Å². The second-order valence-corrected chi connectivity index (χ2v) is 6.02. The van der Waals surface area contributed by atoms with Gasteiger partial charge in [-0.1, -0.05) is 12.1 Å². The van der Waals surface area contributed by atoms with Crippen molar-refractivity contribution in [2.24, 2.45) is 0 Å². The number of non-ortho nitro benzene ring substituents is 1. The molecule has 0 bridgehead atoms. The third-order valence-corrected chi connectivity index (χ3v) is 3.95. The number of nitro benzene ring substituents is 1. The number of furan rings is 1. The first kappa shape index (κ1) is 20.5. The van der Waals surface area contributed by atoms with Crippen molar-refractivity contribution in [2.75, 3.05) is 17.2 Å². The molecule has 0 aliphatic heterocycles. The Labute approximate surface area is 169 Å².